The summed E-state index contributed by atoms with van der Waals surface area (Å²) < 4.78 is 28.4. The van der Waals surface area contributed by atoms with Crippen LogP contribution in [0.15, 0.2) is 11.4 Å². The summed E-state index contributed by atoms with van der Waals surface area (Å²) in [5.41, 5.74) is 0. The molecule has 1 heterocycles. The molecule has 1 aliphatic rings. The molecular weight excluding hydrogens is 284 g/mol. The summed E-state index contributed by atoms with van der Waals surface area (Å²) in [6.45, 7) is 0. The van der Waals surface area contributed by atoms with Crippen molar-refractivity contribution in [3.8, 4) is 5.75 Å². The zero-order chi connectivity index (χ0) is 14.0. The second kappa shape index (κ2) is 5.63. The van der Waals surface area contributed by atoms with E-state index in [1.165, 1.54) is 17.6 Å². The largest absolute Gasteiger partial charge is 0.495 e. The first-order valence-electron chi connectivity index (χ1n) is 6.28. The summed E-state index contributed by atoms with van der Waals surface area (Å²) in [4.78, 5) is 13.1. The topological polar surface area (TPSA) is 60.4 Å². The molecule has 0 bridgehead atoms. The molecule has 0 amide bonds. The molecule has 6 heteroatoms. The number of hydrogen-bond acceptors (Lipinski definition) is 5. The minimum atomic E-state index is -3.06. The minimum Gasteiger partial charge on any atom is -0.495 e. The van der Waals surface area contributed by atoms with Gasteiger partial charge in [0.2, 0.25) is 0 Å². The third kappa shape index (κ3) is 3.17. The lowest BCUT2D eigenvalue weighted by Crippen LogP contribution is -2.31. The molecule has 1 aromatic heterocycles. The van der Waals surface area contributed by atoms with Gasteiger partial charge in [-0.2, -0.15) is 0 Å². The fraction of sp³-hybridized carbons (Fsp3) is 0.615. The molecule has 2 atom stereocenters. The Hall–Kier alpha value is -0.880. The second-order valence-electron chi connectivity index (χ2n) is 5.00. The Labute approximate surface area is 117 Å². The van der Waals surface area contributed by atoms with Crippen molar-refractivity contribution in [3.05, 3.63) is 16.3 Å². The quantitative estimate of drug-likeness (QED) is 0.802. The van der Waals surface area contributed by atoms with Crippen molar-refractivity contribution in [2.75, 3.05) is 13.4 Å². The lowest BCUT2D eigenvalue weighted by molar-refractivity contribution is 0.0892. The van der Waals surface area contributed by atoms with Crippen LogP contribution in [-0.4, -0.2) is 32.8 Å². The number of Topliss-reactive ketones (excluding diaryl/α,β-unsaturated/α-hetero) is 1. The number of carbonyl (C=O) groups is 1. The van der Waals surface area contributed by atoms with Gasteiger partial charge in [0.15, 0.2) is 5.78 Å². The van der Waals surface area contributed by atoms with Gasteiger partial charge in [-0.1, -0.05) is 6.42 Å². The normalized spacial score (nSPS) is 24.1. The summed E-state index contributed by atoms with van der Waals surface area (Å²) in [5.74, 6) is 0.428. The van der Waals surface area contributed by atoms with Crippen LogP contribution in [0.2, 0.25) is 0 Å². The number of ether oxygens (including phenoxy) is 1. The molecule has 1 fully saturated rings. The molecule has 1 aromatic rings. The zero-order valence-electron chi connectivity index (χ0n) is 11.1. The molecule has 19 heavy (non-hydrogen) atoms. The third-order valence-electron chi connectivity index (χ3n) is 3.68. The van der Waals surface area contributed by atoms with Gasteiger partial charge in [0, 0.05) is 12.2 Å². The van der Waals surface area contributed by atoms with Gasteiger partial charge < -0.3 is 4.74 Å². The van der Waals surface area contributed by atoms with Crippen molar-refractivity contribution < 1.29 is 17.9 Å². The highest BCUT2D eigenvalue weighted by atomic mass is 32.2. The maximum atomic E-state index is 12.4. The Kier molecular flexibility index (Phi) is 4.30. The molecule has 0 radical (unpaired) electrons. The van der Waals surface area contributed by atoms with E-state index in [1.807, 2.05) is 5.38 Å². The van der Waals surface area contributed by atoms with Crippen LogP contribution >= 0.6 is 11.3 Å². The first-order valence-corrected chi connectivity index (χ1v) is 9.11. The third-order valence-corrected chi connectivity index (χ3v) is 6.22. The highest BCUT2D eigenvalue weighted by molar-refractivity contribution is 7.91. The summed E-state index contributed by atoms with van der Waals surface area (Å²) in [5, 5.41) is 1.45. The van der Waals surface area contributed by atoms with E-state index < -0.39 is 9.84 Å². The van der Waals surface area contributed by atoms with Gasteiger partial charge in [-0.05, 0) is 30.7 Å². The average Bonchev–Trinajstić information content (AvgIpc) is 2.85. The van der Waals surface area contributed by atoms with Gasteiger partial charge in [-0.15, -0.1) is 11.3 Å². The molecule has 2 rings (SSSR count). The minimum absolute atomic E-state index is 0.0280. The van der Waals surface area contributed by atoms with Crippen LogP contribution < -0.4 is 4.74 Å². The molecule has 1 saturated carbocycles. The number of ketones is 1. The number of thiophene rings is 1. The van der Waals surface area contributed by atoms with Crippen LogP contribution in [0.5, 0.6) is 5.75 Å². The van der Waals surface area contributed by atoms with Gasteiger partial charge >= 0.3 is 0 Å². The van der Waals surface area contributed by atoms with E-state index in [0.717, 1.165) is 12.8 Å². The van der Waals surface area contributed by atoms with Gasteiger partial charge in [0.1, 0.15) is 20.5 Å². The molecule has 0 aromatic carbocycles. The Morgan fingerprint density at radius 3 is 2.79 bits per heavy atom. The number of hydrogen-bond donors (Lipinski definition) is 0. The molecule has 106 valence electrons. The van der Waals surface area contributed by atoms with E-state index in [0.29, 0.717) is 23.5 Å². The Bertz CT molecular complexity index is 559. The van der Waals surface area contributed by atoms with Crippen LogP contribution in [0.4, 0.5) is 0 Å². The van der Waals surface area contributed by atoms with Crippen LogP contribution in [0.25, 0.3) is 0 Å². The molecule has 4 nitrogen and oxygen atoms in total. The SMILES string of the molecule is COc1ccsc1C(=O)C1CCCC(S(C)(=O)=O)C1. The van der Waals surface area contributed by atoms with Crippen LogP contribution in [0.1, 0.15) is 35.4 Å². The van der Waals surface area contributed by atoms with Crippen LogP contribution in [-0.2, 0) is 9.84 Å². The lowest BCUT2D eigenvalue weighted by Gasteiger charge is -2.26. The highest BCUT2D eigenvalue weighted by Crippen LogP contribution is 2.34. The standard InChI is InChI=1S/C13H18O4S2/c1-17-11-6-7-18-13(11)12(14)9-4-3-5-10(8-9)19(2,15)16/h6-7,9-10H,3-5,8H2,1-2H3. The van der Waals surface area contributed by atoms with E-state index >= 15 is 0 Å². The van der Waals surface area contributed by atoms with Crippen molar-refractivity contribution in [2.45, 2.75) is 30.9 Å². The molecule has 0 saturated heterocycles. The smallest absolute Gasteiger partial charge is 0.179 e. The predicted octanol–water partition coefficient (Wildman–Crippen LogP) is 2.54. The van der Waals surface area contributed by atoms with Gasteiger partial charge in [0.05, 0.1) is 12.4 Å². The molecular formula is C13H18O4S2. The van der Waals surface area contributed by atoms with Gasteiger partial charge in [-0.25, -0.2) is 8.42 Å². The van der Waals surface area contributed by atoms with Crippen molar-refractivity contribution in [2.24, 2.45) is 5.92 Å². The van der Waals surface area contributed by atoms with Crippen molar-refractivity contribution in [3.63, 3.8) is 0 Å². The van der Waals surface area contributed by atoms with Crippen molar-refractivity contribution >= 4 is 27.0 Å². The van der Waals surface area contributed by atoms with Gasteiger partial charge in [-0.3, -0.25) is 4.79 Å². The fourth-order valence-electron chi connectivity index (χ4n) is 2.60. The van der Waals surface area contributed by atoms with Gasteiger partial charge in [0.25, 0.3) is 0 Å². The number of sulfone groups is 1. The Morgan fingerprint density at radius 2 is 2.16 bits per heavy atom. The highest BCUT2D eigenvalue weighted by Gasteiger charge is 2.34. The summed E-state index contributed by atoms with van der Waals surface area (Å²) >= 11 is 1.36. The Morgan fingerprint density at radius 1 is 1.42 bits per heavy atom. The van der Waals surface area contributed by atoms with Crippen LogP contribution in [0, 0.1) is 5.92 Å². The van der Waals surface area contributed by atoms with Crippen molar-refractivity contribution in [1.29, 1.82) is 0 Å². The number of rotatable bonds is 4. The molecule has 2 unspecified atom stereocenters. The summed E-state index contributed by atoms with van der Waals surface area (Å²) in [6, 6.07) is 1.77. The predicted molar refractivity (Wildman–Crippen MR) is 75.8 cm³/mol. The lowest BCUT2D eigenvalue weighted by atomic mass is 9.85. The summed E-state index contributed by atoms with van der Waals surface area (Å²) in [6.07, 6.45) is 3.94. The molecule has 0 spiro atoms. The second-order valence-corrected chi connectivity index (χ2v) is 8.24. The van der Waals surface area contributed by atoms with Crippen LogP contribution in [0.3, 0.4) is 0 Å². The van der Waals surface area contributed by atoms with E-state index in [9.17, 15) is 13.2 Å². The molecule has 0 N–H and O–H groups in total. The first-order chi connectivity index (χ1) is 8.93. The maximum Gasteiger partial charge on any atom is 0.179 e. The van der Waals surface area contributed by atoms with E-state index in [-0.39, 0.29) is 17.0 Å². The number of methoxy groups -OCH3 is 1. The van der Waals surface area contributed by atoms with E-state index in [2.05, 4.69) is 0 Å². The van der Waals surface area contributed by atoms with E-state index in [1.54, 1.807) is 13.2 Å². The van der Waals surface area contributed by atoms with E-state index in [4.69, 9.17) is 4.74 Å². The maximum absolute atomic E-state index is 12.4. The van der Waals surface area contributed by atoms with Crippen molar-refractivity contribution in [1.82, 2.24) is 0 Å². The zero-order valence-corrected chi connectivity index (χ0v) is 12.7. The monoisotopic (exact) mass is 302 g/mol. The summed E-state index contributed by atoms with van der Waals surface area (Å²) in [7, 11) is -1.52. The first kappa shape index (κ1) is 14.5. The Balaban J connectivity index is 2.16. The fourth-order valence-corrected chi connectivity index (χ4v) is 4.65. The molecule has 0 aliphatic heterocycles. The average molecular weight is 302 g/mol. The molecule has 1 aliphatic carbocycles. The number of carbonyl (C=O) groups excluding carboxylic acids is 1.